The number of rotatable bonds is 7. The van der Waals surface area contributed by atoms with Gasteiger partial charge in [-0.1, -0.05) is 19.1 Å². The van der Waals surface area contributed by atoms with E-state index >= 15 is 0 Å². The molecule has 140 valence electrons. The normalized spacial score (nSPS) is 10.5. The van der Waals surface area contributed by atoms with E-state index in [1.165, 1.54) is 6.39 Å². The Hall–Kier alpha value is -2.80. The first-order valence-electron chi connectivity index (χ1n) is 8.43. The number of benzene rings is 2. The van der Waals surface area contributed by atoms with Crippen molar-refractivity contribution in [1.29, 1.82) is 0 Å². The predicted molar refractivity (Wildman–Crippen MR) is 106 cm³/mol. The van der Waals surface area contributed by atoms with Gasteiger partial charge in [0.2, 0.25) is 0 Å². The summed E-state index contributed by atoms with van der Waals surface area (Å²) >= 11 is 3.46. The van der Waals surface area contributed by atoms with Crippen molar-refractivity contribution >= 4 is 27.5 Å². The van der Waals surface area contributed by atoms with Crippen LogP contribution in [0, 0.1) is 0 Å². The number of anilines is 1. The van der Waals surface area contributed by atoms with Gasteiger partial charge in [-0.05, 0) is 46.6 Å². The maximum Gasteiger partial charge on any atom is 0.255 e. The Labute approximate surface area is 165 Å². The number of nitrogens with one attached hydrogen (secondary N) is 1. The Morgan fingerprint density at radius 3 is 2.85 bits per heavy atom. The first-order chi connectivity index (χ1) is 13.1. The van der Waals surface area contributed by atoms with Crippen LogP contribution in [0.25, 0.3) is 11.3 Å². The number of oxazole rings is 1. The second kappa shape index (κ2) is 8.73. The van der Waals surface area contributed by atoms with Crippen LogP contribution in [0.15, 0.2) is 57.9 Å². The summed E-state index contributed by atoms with van der Waals surface area (Å²) in [5.74, 6) is 1.46. The van der Waals surface area contributed by atoms with Gasteiger partial charge in [-0.25, -0.2) is 4.98 Å². The Bertz CT molecular complexity index is 926. The molecule has 0 radical (unpaired) electrons. The Morgan fingerprint density at radius 2 is 2.15 bits per heavy atom. The molecular weight excluding hydrogens is 412 g/mol. The number of carbonyl (C=O) groups is 1. The van der Waals surface area contributed by atoms with Gasteiger partial charge < -0.3 is 19.2 Å². The molecule has 0 spiro atoms. The van der Waals surface area contributed by atoms with Crippen molar-refractivity contribution in [3.63, 3.8) is 0 Å². The topological polar surface area (TPSA) is 73.6 Å². The predicted octanol–water partition coefficient (Wildman–Crippen LogP) is 5.15. The van der Waals surface area contributed by atoms with E-state index in [-0.39, 0.29) is 5.91 Å². The fourth-order valence-corrected chi connectivity index (χ4v) is 3.06. The molecule has 0 aliphatic rings. The molecule has 3 aromatic rings. The molecule has 0 aliphatic heterocycles. The summed E-state index contributed by atoms with van der Waals surface area (Å²) in [6.07, 6.45) is 3.86. The highest BCUT2D eigenvalue weighted by molar-refractivity contribution is 9.10. The van der Waals surface area contributed by atoms with Gasteiger partial charge in [0.25, 0.3) is 5.91 Å². The minimum atomic E-state index is -0.259. The van der Waals surface area contributed by atoms with Gasteiger partial charge in [-0.2, -0.15) is 0 Å². The average Bonchev–Trinajstić information content (AvgIpc) is 3.21. The standard InChI is InChI=1S/C20H19BrN2O4/c1-3-7-26-19-16(21)9-14(10-17(19)25-2)20(24)23-15-6-4-5-13(8-15)18-11-22-12-27-18/h4-6,8-12H,3,7H2,1-2H3,(H,23,24). The van der Waals surface area contributed by atoms with Gasteiger partial charge in [0, 0.05) is 16.8 Å². The first-order valence-corrected chi connectivity index (χ1v) is 9.22. The summed E-state index contributed by atoms with van der Waals surface area (Å²) < 4.78 is 17.0. The molecule has 1 N–H and O–H groups in total. The minimum Gasteiger partial charge on any atom is -0.493 e. The molecule has 27 heavy (non-hydrogen) atoms. The van der Waals surface area contributed by atoms with E-state index in [9.17, 15) is 4.79 Å². The fourth-order valence-electron chi connectivity index (χ4n) is 2.51. The van der Waals surface area contributed by atoms with E-state index in [1.54, 1.807) is 25.4 Å². The van der Waals surface area contributed by atoms with Crippen LogP contribution in [-0.2, 0) is 0 Å². The van der Waals surface area contributed by atoms with E-state index in [0.717, 1.165) is 12.0 Å². The molecule has 0 unspecified atom stereocenters. The van der Waals surface area contributed by atoms with E-state index in [0.29, 0.717) is 39.6 Å². The van der Waals surface area contributed by atoms with Gasteiger partial charge in [-0.15, -0.1) is 0 Å². The number of hydrogen-bond donors (Lipinski definition) is 1. The lowest BCUT2D eigenvalue weighted by atomic mass is 10.1. The Balaban J connectivity index is 1.82. The third-order valence-electron chi connectivity index (χ3n) is 3.78. The first kappa shape index (κ1) is 19.0. The maximum absolute atomic E-state index is 12.7. The number of nitrogens with zero attached hydrogens (tertiary/aromatic N) is 1. The summed E-state index contributed by atoms with van der Waals surface area (Å²) in [5.41, 5.74) is 1.93. The Kier molecular flexibility index (Phi) is 6.13. The fraction of sp³-hybridized carbons (Fsp3) is 0.200. The SMILES string of the molecule is CCCOc1c(Br)cc(C(=O)Nc2cccc(-c3cnco3)c2)cc1OC. The lowest BCUT2D eigenvalue weighted by Crippen LogP contribution is -2.12. The molecule has 0 saturated carbocycles. The zero-order chi connectivity index (χ0) is 19.2. The highest BCUT2D eigenvalue weighted by atomic mass is 79.9. The molecule has 0 saturated heterocycles. The number of carbonyl (C=O) groups excluding carboxylic acids is 1. The molecule has 1 aromatic heterocycles. The van der Waals surface area contributed by atoms with Crippen LogP contribution in [0.5, 0.6) is 11.5 Å². The third kappa shape index (κ3) is 4.49. The molecule has 6 nitrogen and oxygen atoms in total. The summed E-state index contributed by atoms with van der Waals surface area (Å²) in [6.45, 7) is 2.59. The van der Waals surface area contributed by atoms with Crippen molar-refractivity contribution in [1.82, 2.24) is 4.98 Å². The van der Waals surface area contributed by atoms with Crippen LogP contribution in [0.1, 0.15) is 23.7 Å². The van der Waals surface area contributed by atoms with Gasteiger partial charge in [0.05, 0.1) is 24.4 Å². The van der Waals surface area contributed by atoms with Crippen LogP contribution >= 0.6 is 15.9 Å². The van der Waals surface area contributed by atoms with Crippen molar-refractivity contribution in [2.45, 2.75) is 13.3 Å². The monoisotopic (exact) mass is 430 g/mol. The van der Waals surface area contributed by atoms with Gasteiger partial charge in [-0.3, -0.25) is 4.79 Å². The third-order valence-corrected chi connectivity index (χ3v) is 4.37. The molecule has 0 fully saturated rings. The smallest absolute Gasteiger partial charge is 0.255 e. The minimum absolute atomic E-state index is 0.259. The van der Waals surface area contributed by atoms with Gasteiger partial charge in [0.1, 0.15) is 0 Å². The molecule has 7 heteroatoms. The zero-order valence-electron chi connectivity index (χ0n) is 15.0. The number of aromatic nitrogens is 1. The van der Waals surface area contributed by atoms with Crippen molar-refractivity contribution in [2.24, 2.45) is 0 Å². The van der Waals surface area contributed by atoms with Crippen LogP contribution in [-0.4, -0.2) is 24.6 Å². The van der Waals surface area contributed by atoms with E-state index < -0.39 is 0 Å². The summed E-state index contributed by atoms with van der Waals surface area (Å²) in [7, 11) is 1.54. The number of methoxy groups -OCH3 is 1. The largest absolute Gasteiger partial charge is 0.493 e. The van der Waals surface area contributed by atoms with Crippen molar-refractivity contribution in [3.8, 4) is 22.8 Å². The highest BCUT2D eigenvalue weighted by Gasteiger charge is 2.16. The van der Waals surface area contributed by atoms with Gasteiger partial charge in [0.15, 0.2) is 23.7 Å². The molecule has 1 heterocycles. The molecule has 2 aromatic carbocycles. The number of ether oxygens (including phenoxy) is 2. The van der Waals surface area contributed by atoms with E-state index in [1.807, 2.05) is 31.2 Å². The van der Waals surface area contributed by atoms with Crippen molar-refractivity contribution in [2.75, 3.05) is 19.0 Å². The maximum atomic E-state index is 12.7. The summed E-state index contributed by atoms with van der Waals surface area (Å²) in [5, 5.41) is 2.88. The number of halogens is 1. The second-order valence-electron chi connectivity index (χ2n) is 5.74. The highest BCUT2D eigenvalue weighted by Crippen LogP contribution is 2.37. The lowest BCUT2D eigenvalue weighted by Gasteiger charge is -2.14. The molecule has 3 rings (SSSR count). The van der Waals surface area contributed by atoms with Crippen molar-refractivity contribution in [3.05, 3.63) is 59.0 Å². The molecule has 1 amide bonds. The average molecular weight is 431 g/mol. The zero-order valence-corrected chi connectivity index (χ0v) is 16.6. The van der Waals surface area contributed by atoms with Gasteiger partial charge >= 0.3 is 0 Å². The molecule has 0 bridgehead atoms. The second-order valence-corrected chi connectivity index (χ2v) is 6.59. The van der Waals surface area contributed by atoms with Crippen LogP contribution in [0.2, 0.25) is 0 Å². The van der Waals surface area contributed by atoms with Crippen LogP contribution in [0.3, 0.4) is 0 Å². The molecule has 0 aliphatic carbocycles. The summed E-state index contributed by atoms with van der Waals surface area (Å²) in [4.78, 5) is 16.6. The van der Waals surface area contributed by atoms with E-state index in [2.05, 4.69) is 26.2 Å². The van der Waals surface area contributed by atoms with E-state index in [4.69, 9.17) is 13.9 Å². The molecular formula is C20H19BrN2O4. The number of hydrogen-bond acceptors (Lipinski definition) is 5. The van der Waals surface area contributed by atoms with Crippen LogP contribution < -0.4 is 14.8 Å². The quantitative estimate of drug-likeness (QED) is 0.560. The Morgan fingerprint density at radius 1 is 1.30 bits per heavy atom. The van der Waals surface area contributed by atoms with Crippen LogP contribution in [0.4, 0.5) is 5.69 Å². The molecule has 0 atom stereocenters. The van der Waals surface area contributed by atoms with Crippen molar-refractivity contribution < 1.29 is 18.7 Å². The lowest BCUT2D eigenvalue weighted by molar-refractivity contribution is 0.102. The summed E-state index contributed by atoms with van der Waals surface area (Å²) in [6, 6.07) is 10.7. The number of amides is 1.